The van der Waals surface area contributed by atoms with E-state index in [1.807, 2.05) is 0 Å². The fourth-order valence-electron chi connectivity index (χ4n) is 1.81. The van der Waals surface area contributed by atoms with Crippen LogP contribution in [-0.4, -0.2) is 12.9 Å². The van der Waals surface area contributed by atoms with Crippen molar-refractivity contribution in [1.29, 1.82) is 5.41 Å². The predicted octanol–water partition coefficient (Wildman–Crippen LogP) is 3.55. The Morgan fingerprint density at radius 2 is 2.00 bits per heavy atom. The van der Waals surface area contributed by atoms with Crippen LogP contribution in [0.25, 0.3) is 0 Å². The second-order valence-corrected chi connectivity index (χ2v) is 5.32. The Bertz CT molecular complexity index is 677. The molecule has 0 aromatic heterocycles. The van der Waals surface area contributed by atoms with Crippen molar-refractivity contribution >= 4 is 17.6 Å². The smallest absolute Gasteiger partial charge is 0.139 e. The SMILES string of the molecule is COc1ccc(C(=N)N)cc1CSc1ccc(F)cc1F. The number of methoxy groups -OCH3 is 1. The predicted molar refractivity (Wildman–Crippen MR) is 79.9 cm³/mol. The van der Waals surface area contributed by atoms with Crippen molar-refractivity contribution in [3.05, 3.63) is 59.2 Å². The van der Waals surface area contributed by atoms with Gasteiger partial charge in [0.1, 0.15) is 23.2 Å². The van der Waals surface area contributed by atoms with Crippen molar-refractivity contribution in [2.45, 2.75) is 10.6 Å². The van der Waals surface area contributed by atoms with Gasteiger partial charge in [-0.25, -0.2) is 8.78 Å². The summed E-state index contributed by atoms with van der Waals surface area (Å²) in [7, 11) is 1.54. The molecule has 0 unspecified atom stereocenters. The van der Waals surface area contributed by atoms with Crippen molar-refractivity contribution in [3.8, 4) is 5.75 Å². The molecule has 0 aliphatic rings. The molecule has 2 aromatic carbocycles. The van der Waals surface area contributed by atoms with Crippen LogP contribution in [0.1, 0.15) is 11.1 Å². The molecule has 3 nitrogen and oxygen atoms in total. The fraction of sp³-hybridized carbons (Fsp3) is 0.133. The van der Waals surface area contributed by atoms with Crippen molar-refractivity contribution in [2.24, 2.45) is 5.73 Å². The molecule has 0 fully saturated rings. The number of benzene rings is 2. The largest absolute Gasteiger partial charge is 0.496 e. The molecule has 0 radical (unpaired) electrons. The summed E-state index contributed by atoms with van der Waals surface area (Å²) in [4.78, 5) is 0.353. The summed E-state index contributed by atoms with van der Waals surface area (Å²) < 4.78 is 31.7. The van der Waals surface area contributed by atoms with Gasteiger partial charge in [0.05, 0.1) is 7.11 Å². The normalized spacial score (nSPS) is 10.4. The lowest BCUT2D eigenvalue weighted by molar-refractivity contribution is 0.411. The fourth-order valence-corrected chi connectivity index (χ4v) is 2.70. The lowest BCUT2D eigenvalue weighted by Gasteiger charge is -2.10. The summed E-state index contributed by atoms with van der Waals surface area (Å²) in [5.74, 6) is -0.186. The number of halogens is 2. The number of nitrogens with two attached hydrogens (primary N) is 1. The van der Waals surface area contributed by atoms with Gasteiger partial charge in [0.25, 0.3) is 0 Å². The third-order valence-electron chi connectivity index (χ3n) is 2.87. The minimum atomic E-state index is -0.604. The Hall–Kier alpha value is -2.08. The Morgan fingerprint density at radius 1 is 1.24 bits per heavy atom. The molecule has 0 spiro atoms. The van der Waals surface area contributed by atoms with E-state index >= 15 is 0 Å². The molecule has 2 aromatic rings. The molecule has 0 saturated heterocycles. The van der Waals surface area contributed by atoms with Crippen molar-refractivity contribution in [3.63, 3.8) is 0 Å². The van der Waals surface area contributed by atoms with Crippen LogP contribution in [0.15, 0.2) is 41.3 Å². The number of nitrogen functional groups attached to an aromatic ring is 1. The molecule has 0 amide bonds. The van der Waals surface area contributed by atoms with E-state index in [2.05, 4.69) is 0 Å². The molecule has 3 N–H and O–H groups in total. The Morgan fingerprint density at radius 3 is 2.62 bits per heavy atom. The van der Waals surface area contributed by atoms with Crippen molar-refractivity contribution in [1.82, 2.24) is 0 Å². The summed E-state index contributed by atoms with van der Waals surface area (Å²) in [6, 6.07) is 8.61. The first-order chi connectivity index (χ1) is 10.0. The Balaban J connectivity index is 2.22. The lowest BCUT2D eigenvalue weighted by atomic mass is 10.1. The van der Waals surface area contributed by atoms with E-state index in [0.717, 1.165) is 11.6 Å². The van der Waals surface area contributed by atoms with Gasteiger partial charge in [-0.1, -0.05) is 0 Å². The highest BCUT2D eigenvalue weighted by Crippen LogP contribution is 2.30. The molecular weight excluding hydrogens is 294 g/mol. The zero-order valence-electron chi connectivity index (χ0n) is 11.3. The minimum absolute atomic E-state index is 0.0446. The number of hydrogen-bond acceptors (Lipinski definition) is 3. The standard InChI is InChI=1S/C15H14F2N2OS/c1-20-13-4-2-9(15(18)19)6-10(13)8-21-14-5-3-11(16)7-12(14)17/h2-7H,8H2,1H3,(H3,18,19). The van der Waals surface area contributed by atoms with E-state index in [0.29, 0.717) is 22.0 Å². The quantitative estimate of drug-likeness (QED) is 0.504. The first-order valence-electron chi connectivity index (χ1n) is 6.10. The Labute approximate surface area is 125 Å². The summed E-state index contributed by atoms with van der Waals surface area (Å²) >= 11 is 1.23. The minimum Gasteiger partial charge on any atom is -0.496 e. The highest BCUT2D eigenvalue weighted by Gasteiger charge is 2.09. The van der Waals surface area contributed by atoms with Gasteiger partial charge >= 0.3 is 0 Å². The molecule has 0 bridgehead atoms. The third-order valence-corrected chi connectivity index (χ3v) is 3.97. The van der Waals surface area contributed by atoms with Crippen LogP contribution in [0.3, 0.4) is 0 Å². The third kappa shape index (κ3) is 3.72. The van der Waals surface area contributed by atoms with Gasteiger partial charge in [-0.3, -0.25) is 5.41 Å². The summed E-state index contributed by atoms with van der Waals surface area (Å²) in [5.41, 5.74) is 6.82. The van der Waals surface area contributed by atoms with E-state index in [-0.39, 0.29) is 5.84 Å². The molecule has 2 rings (SSSR count). The van der Waals surface area contributed by atoms with Crippen LogP contribution in [0, 0.1) is 17.0 Å². The van der Waals surface area contributed by atoms with Gasteiger partial charge in [-0.15, -0.1) is 11.8 Å². The molecule has 0 saturated carbocycles. The van der Waals surface area contributed by atoms with Crippen LogP contribution in [0.2, 0.25) is 0 Å². The van der Waals surface area contributed by atoms with E-state index in [9.17, 15) is 8.78 Å². The first kappa shape index (κ1) is 15.3. The van der Waals surface area contributed by atoms with Gasteiger partial charge in [0, 0.05) is 27.8 Å². The van der Waals surface area contributed by atoms with E-state index < -0.39 is 11.6 Å². The number of amidine groups is 1. The molecule has 110 valence electrons. The maximum absolute atomic E-state index is 13.6. The molecule has 0 atom stereocenters. The van der Waals surface area contributed by atoms with Crippen LogP contribution < -0.4 is 10.5 Å². The van der Waals surface area contributed by atoms with E-state index in [1.54, 1.807) is 18.2 Å². The van der Waals surface area contributed by atoms with Crippen molar-refractivity contribution < 1.29 is 13.5 Å². The van der Waals surface area contributed by atoms with Crippen LogP contribution in [0.4, 0.5) is 8.78 Å². The summed E-state index contributed by atoms with van der Waals surface area (Å²) in [6.07, 6.45) is 0. The summed E-state index contributed by atoms with van der Waals surface area (Å²) in [6.45, 7) is 0. The average Bonchev–Trinajstić information content (AvgIpc) is 2.46. The Kier molecular flexibility index (Phi) is 4.80. The number of hydrogen-bond donors (Lipinski definition) is 2. The maximum atomic E-state index is 13.6. The molecule has 0 aliphatic carbocycles. The zero-order valence-corrected chi connectivity index (χ0v) is 12.1. The van der Waals surface area contributed by atoms with Gasteiger partial charge in [-0.05, 0) is 30.3 Å². The van der Waals surface area contributed by atoms with Crippen LogP contribution in [-0.2, 0) is 5.75 Å². The van der Waals surface area contributed by atoms with E-state index in [1.165, 1.54) is 31.0 Å². The van der Waals surface area contributed by atoms with Gasteiger partial charge in [0.15, 0.2) is 0 Å². The van der Waals surface area contributed by atoms with Gasteiger partial charge in [-0.2, -0.15) is 0 Å². The zero-order chi connectivity index (χ0) is 15.4. The average molecular weight is 308 g/mol. The molecular formula is C15H14F2N2OS. The topological polar surface area (TPSA) is 59.1 Å². The number of thioether (sulfide) groups is 1. The van der Waals surface area contributed by atoms with Crippen LogP contribution >= 0.6 is 11.8 Å². The molecule has 6 heteroatoms. The maximum Gasteiger partial charge on any atom is 0.139 e. The highest BCUT2D eigenvalue weighted by atomic mass is 32.2. The second-order valence-electron chi connectivity index (χ2n) is 4.30. The first-order valence-corrected chi connectivity index (χ1v) is 7.09. The molecule has 0 aliphatic heterocycles. The van der Waals surface area contributed by atoms with Gasteiger partial charge in [0.2, 0.25) is 0 Å². The molecule has 0 heterocycles. The van der Waals surface area contributed by atoms with E-state index in [4.69, 9.17) is 15.9 Å². The van der Waals surface area contributed by atoms with Crippen LogP contribution in [0.5, 0.6) is 5.75 Å². The number of nitrogens with one attached hydrogen (secondary N) is 1. The second kappa shape index (κ2) is 6.58. The summed E-state index contributed by atoms with van der Waals surface area (Å²) in [5, 5.41) is 7.44. The monoisotopic (exact) mass is 308 g/mol. The number of rotatable bonds is 5. The highest BCUT2D eigenvalue weighted by molar-refractivity contribution is 7.98. The molecule has 21 heavy (non-hydrogen) atoms. The van der Waals surface area contributed by atoms with Crippen molar-refractivity contribution in [2.75, 3.05) is 7.11 Å². The lowest BCUT2D eigenvalue weighted by Crippen LogP contribution is -2.11. The number of ether oxygens (including phenoxy) is 1. The van der Waals surface area contributed by atoms with Gasteiger partial charge < -0.3 is 10.5 Å².